The zero-order valence-corrected chi connectivity index (χ0v) is 14.6. The maximum absolute atomic E-state index is 12.4. The van der Waals surface area contributed by atoms with Gasteiger partial charge in [0, 0.05) is 13.0 Å². The number of nitrogens with two attached hydrogens (primary N) is 2. The monoisotopic (exact) mass is 371 g/mol. The van der Waals surface area contributed by atoms with Crippen LogP contribution < -0.4 is 22.1 Å². The van der Waals surface area contributed by atoms with E-state index in [4.69, 9.17) is 16.6 Å². The number of carbonyl (C=O) groups excluding carboxylic acids is 4. The second-order valence-electron chi connectivity index (χ2n) is 6.16. The molecular formula is C15H25N5O6. The summed E-state index contributed by atoms with van der Waals surface area (Å²) in [5, 5.41) is 13.9. The van der Waals surface area contributed by atoms with Gasteiger partial charge in [-0.2, -0.15) is 0 Å². The number of nitrogens with zero attached hydrogens (tertiary/aromatic N) is 1. The number of carboxylic acids is 1. The van der Waals surface area contributed by atoms with Crippen molar-refractivity contribution in [1.82, 2.24) is 15.5 Å². The molecule has 1 fully saturated rings. The average Bonchev–Trinajstić information content (AvgIpc) is 3.05. The third kappa shape index (κ3) is 6.31. The maximum Gasteiger partial charge on any atom is 0.326 e. The normalized spacial score (nSPS) is 18.7. The van der Waals surface area contributed by atoms with Crippen LogP contribution in [0.15, 0.2) is 0 Å². The third-order valence-electron chi connectivity index (χ3n) is 4.00. The van der Waals surface area contributed by atoms with Crippen molar-refractivity contribution in [2.24, 2.45) is 11.5 Å². The largest absolute Gasteiger partial charge is 0.480 e. The van der Waals surface area contributed by atoms with Gasteiger partial charge in [0.2, 0.25) is 23.6 Å². The lowest BCUT2D eigenvalue weighted by atomic mass is 10.1. The van der Waals surface area contributed by atoms with E-state index in [0.717, 1.165) is 0 Å². The van der Waals surface area contributed by atoms with Gasteiger partial charge >= 0.3 is 5.97 Å². The first kappa shape index (κ1) is 21.4. The molecule has 0 saturated carbocycles. The van der Waals surface area contributed by atoms with Crippen molar-refractivity contribution in [3.63, 3.8) is 0 Å². The Labute approximate surface area is 150 Å². The van der Waals surface area contributed by atoms with E-state index in [1.54, 1.807) is 0 Å². The summed E-state index contributed by atoms with van der Waals surface area (Å²) in [4.78, 5) is 59.4. The first-order chi connectivity index (χ1) is 12.1. The van der Waals surface area contributed by atoms with Gasteiger partial charge in [0.15, 0.2) is 0 Å². The van der Waals surface area contributed by atoms with Crippen molar-refractivity contribution in [3.8, 4) is 0 Å². The standard InChI is InChI=1S/C15H25N5O6/c1-8(16)13(23)18-7-12(22)20-6-2-3-10(20)14(24)19-9(15(25)26)4-5-11(17)21/h8-10H,2-7,16H2,1H3,(H2,17,21)(H,18,23)(H,19,24)(H,25,26). The molecule has 7 N–H and O–H groups in total. The Bertz CT molecular complexity index is 579. The first-order valence-corrected chi connectivity index (χ1v) is 8.27. The van der Waals surface area contributed by atoms with E-state index in [0.29, 0.717) is 19.4 Å². The molecule has 1 aliphatic heterocycles. The second kappa shape index (κ2) is 9.70. The number of hydrogen-bond acceptors (Lipinski definition) is 6. The van der Waals surface area contributed by atoms with Crippen LogP contribution in [-0.4, -0.2) is 70.8 Å². The molecule has 0 bridgehead atoms. The Morgan fingerprint density at radius 1 is 1.27 bits per heavy atom. The summed E-state index contributed by atoms with van der Waals surface area (Å²) in [5.74, 6) is -3.53. The van der Waals surface area contributed by atoms with Crippen LogP contribution in [0.2, 0.25) is 0 Å². The number of primary amides is 1. The molecule has 0 spiro atoms. The number of carboxylic acid groups (broad SMARTS) is 1. The molecule has 0 aromatic carbocycles. The molecule has 1 aliphatic rings. The Balaban J connectivity index is 2.65. The van der Waals surface area contributed by atoms with Crippen molar-refractivity contribution in [2.45, 2.75) is 50.7 Å². The molecule has 0 aromatic rings. The summed E-state index contributed by atoms with van der Waals surface area (Å²) >= 11 is 0. The number of rotatable bonds is 9. The molecule has 11 heteroatoms. The highest BCUT2D eigenvalue weighted by Gasteiger charge is 2.35. The number of hydrogen-bond donors (Lipinski definition) is 5. The summed E-state index contributed by atoms with van der Waals surface area (Å²) in [6.07, 6.45) is 0.625. The van der Waals surface area contributed by atoms with Crippen LogP contribution in [0.4, 0.5) is 0 Å². The minimum Gasteiger partial charge on any atom is -0.480 e. The molecule has 0 aromatic heterocycles. The van der Waals surface area contributed by atoms with Gasteiger partial charge in [-0.25, -0.2) is 4.79 Å². The number of nitrogens with one attached hydrogen (secondary N) is 2. The molecule has 3 atom stereocenters. The Hall–Kier alpha value is -2.69. The highest BCUT2D eigenvalue weighted by atomic mass is 16.4. The molecular weight excluding hydrogens is 346 g/mol. The summed E-state index contributed by atoms with van der Waals surface area (Å²) in [7, 11) is 0. The fourth-order valence-electron chi connectivity index (χ4n) is 2.57. The second-order valence-corrected chi connectivity index (χ2v) is 6.16. The Morgan fingerprint density at radius 2 is 1.92 bits per heavy atom. The maximum atomic E-state index is 12.4. The van der Waals surface area contributed by atoms with Crippen LogP contribution in [0.25, 0.3) is 0 Å². The number of amides is 4. The minimum atomic E-state index is -1.29. The van der Waals surface area contributed by atoms with E-state index in [-0.39, 0.29) is 19.4 Å². The highest BCUT2D eigenvalue weighted by molar-refractivity contribution is 5.93. The fraction of sp³-hybridized carbons (Fsp3) is 0.667. The molecule has 0 aliphatic carbocycles. The Morgan fingerprint density at radius 3 is 2.46 bits per heavy atom. The van der Waals surface area contributed by atoms with Gasteiger partial charge < -0.3 is 32.1 Å². The SMILES string of the molecule is CC(N)C(=O)NCC(=O)N1CCCC1C(=O)NC(CCC(N)=O)C(=O)O. The quantitative estimate of drug-likeness (QED) is 0.291. The number of likely N-dealkylation sites (tertiary alicyclic amines) is 1. The van der Waals surface area contributed by atoms with Crippen LogP contribution in [0, 0.1) is 0 Å². The van der Waals surface area contributed by atoms with Gasteiger partial charge in [0.05, 0.1) is 12.6 Å². The van der Waals surface area contributed by atoms with E-state index in [2.05, 4.69) is 10.6 Å². The predicted octanol–water partition coefficient (Wildman–Crippen LogP) is -2.72. The predicted molar refractivity (Wildman–Crippen MR) is 89.4 cm³/mol. The van der Waals surface area contributed by atoms with E-state index < -0.39 is 47.7 Å². The molecule has 1 rings (SSSR count). The summed E-state index contributed by atoms with van der Waals surface area (Å²) in [6.45, 7) is 1.50. The summed E-state index contributed by atoms with van der Waals surface area (Å²) in [6, 6.07) is -2.86. The van der Waals surface area contributed by atoms with Gasteiger partial charge in [0.25, 0.3) is 0 Å². The first-order valence-electron chi connectivity index (χ1n) is 8.27. The van der Waals surface area contributed by atoms with Crippen molar-refractivity contribution in [3.05, 3.63) is 0 Å². The van der Waals surface area contributed by atoms with Crippen LogP contribution in [0.1, 0.15) is 32.6 Å². The fourth-order valence-corrected chi connectivity index (χ4v) is 2.57. The van der Waals surface area contributed by atoms with E-state index in [1.807, 2.05) is 0 Å². The number of carbonyl (C=O) groups is 5. The lowest BCUT2D eigenvalue weighted by molar-refractivity contribution is -0.144. The van der Waals surface area contributed by atoms with Gasteiger partial charge in [-0.1, -0.05) is 0 Å². The molecule has 1 saturated heterocycles. The molecule has 0 radical (unpaired) electrons. The zero-order valence-electron chi connectivity index (χ0n) is 14.6. The Kier molecular flexibility index (Phi) is 7.97. The van der Waals surface area contributed by atoms with Crippen LogP contribution in [0.5, 0.6) is 0 Å². The summed E-state index contributed by atoms with van der Waals surface area (Å²) < 4.78 is 0. The number of aliphatic carboxylic acids is 1. The van der Waals surface area contributed by atoms with Crippen molar-refractivity contribution in [2.75, 3.05) is 13.1 Å². The van der Waals surface area contributed by atoms with Crippen LogP contribution >= 0.6 is 0 Å². The third-order valence-corrected chi connectivity index (χ3v) is 4.00. The van der Waals surface area contributed by atoms with E-state index >= 15 is 0 Å². The topological polar surface area (TPSA) is 185 Å². The van der Waals surface area contributed by atoms with Crippen LogP contribution in [-0.2, 0) is 24.0 Å². The van der Waals surface area contributed by atoms with Crippen molar-refractivity contribution >= 4 is 29.6 Å². The van der Waals surface area contributed by atoms with Gasteiger partial charge in [-0.3, -0.25) is 19.2 Å². The van der Waals surface area contributed by atoms with Gasteiger partial charge in [-0.15, -0.1) is 0 Å². The van der Waals surface area contributed by atoms with E-state index in [9.17, 15) is 24.0 Å². The average molecular weight is 371 g/mol. The lowest BCUT2D eigenvalue weighted by Crippen LogP contribution is -2.53. The molecule has 3 unspecified atom stereocenters. The molecule has 1 heterocycles. The lowest BCUT2D eigenvalue weighted by Gasteiger charge is -2.25. The smallest absolute Gasteiger partial charge is 0.326 e. The van der Waals surface area contributed by atoms with E-state index in [1.165, 1.54) is 11.8 Å². The van der Waals surface area contributed by atoms with Gasteiger partial charge in [0.1, 0.15) is 12.1 Å². The highest BCUT2D eigenvalue weighted by Crippen LogP contribution is 2.18. The minimum absolute atomic E-state index is 0.137. The molecule has 11 nitrogen and oxygen atoms in total. The zero-order chi connectivity index (χ0) is 19.9. The molecule has 4 amide bonds. The van der Waals surface area contributed by atoms with Crippen LogP contribution in [0.3, 0.4) is 0 Å². The van der Waals surface area contributed by atoms with Crippen molar-refractivity contribution < 1.29 is 29.1 Å². The van der Waals surface area contributed by atoms with Crippen molar-refractivity contribution in [1.29, 1.82) is 0 Å². The molecule has 146 valence electrons. The molecule has 26 heavy (non-hydrogen) atoms. The van der Waals surface area contributed by atoms with Gasteiger partial charge in [-0.05, 0) is 26.2 Å². The summed E-state index contributed by atoms with van der Waals surface area (Å²) in [5.41, 5.74) is 10.4.